The summed E-state index contributed by atoms with van der Waals surface area (Å²) in [6, 6.07) is 17.6. The van der Waals surface area contributed by atoms with Crippen molar-refractivity contribution >= 4 is 16.8 Å². The van der Waals surface area contributed by atoms with Gasteiger partial charge in [0.25, 0.3) is 5.56 Å². The number of carbonyl (C=O) groups is 1. The number of nitrogens with zero attached hydrogens (tertiary/aromatic N) is 1. The van der Waals surface area contributed by atoms with Crippen molar-refractivity contribution in [3.63, 3.8) is 0 Å². The highest BCUT2D eigenvalue weighted by molar-refractivity contribution is 5.81. The SMILES string of the molecule is CCN(CCNC(=O)CCc1cc2cc(OC)ccc2[nH]c1=O)Cc1ccccc1. The third kappa shape index (κ3) is 5.94. The smallest absolute Gasteiger partial charge is 0.251 e. The second kappa shape index (κ2) is 10.6. The number of ether oxygens (including phenoxy) is 1. The number of fused-ring (bicyclic) bond motifs is 1. The van der Waals surface area contributed by atoms with Gasteiger partial charge in [0.05, 0.1) is 7.11 Å². The molecule has 1 amide bonds. The number of hydrogen-bond acceptors (Lipinski definition) is 4. The van der Waals surface area contributed by atoms with Gasteiger partial charge in [-0.1, -0.05) is 37.3 Å². The fourth-order valence-electron chi connectivity index (χ4n) is 3.42. The van der Waals surface area contributed by atoms with Crippen LogP contribution in [-0.2, 0) is 17.8 Å². The number of rotatable bonds is 10. The van der Waals surface area contributed by atoms with Crippen molar-refractivity contribution in [1.29, 1.82) is 0 Å². The van der Waals surface area contributed by atoms with Crippen LogP contribution in [0.25, 0.3) is 10.9 Å². The molecular weight excluding hydrogens is 378 g/mol. The molecule has 3 rings (SSSR count). The molecule has 0 unspecified atom stereocenters. The molecule has 0 bridgehead atoms. The van der Waals surface area contributed by atoms with Crippen LogP contribution in [-0.4, -0.2) is 42.5 Å². The normalized spacial score (nSPS) is 11.0. The van der Waals surface area contributed by atoms with Crippen LogP contribution in [0.1, 0.15) is 24.5 Å². The maximum absolute atomic E-state index is 12.3. The Labute approximate surface area is 176 Å². The molecule has 158 valence electrons. The summed E-state index contributed by atoms with van der Waals surface area (Å²) in [5.41, 5.74) is 2.47. The monoisotopic (exact) mass is 407 g/mol. The van der Waals surface area contributed by atoms with E-state index in [-0.39, 0.29) is 17.9 Å². The van der Waals surface area contributed by atoms with Crippen molar-refractivity contribution in [2.24, 2.45) is 0 Å². The molecule has 0 atom stereocenters. The van der Waals surface area contributed by atoms with Crippen LogP contribution < -0.4 is 15.6 Å². The van der Waals surface area contributed by atoms with Gasteiger partial charge in [-0.2, -0.15) is 0 Å². The van der Waals surface area contributed by atoms with Crippen LogP contribution >= 0.6 is 0 Å². The van der Waals surface area contributed by atoms with E-state index in [4.69, 9.17) is 4.74 Å². The van der Waals surface area contributed by atoms with Crippen molar-refractivity contribution in [1.82, 2.24) is 15.2 Å². The molecule has 2 N–H and O–H groups in total. The van der Waals surface area contributed by atoms with Gasteiger partial charge in [-0.3, -0.25) is 14.5 Å². The van der Waals surface area contributed by atoms with E-state index in [2.05, 4.69) is 34.3 Å². The minimum Gasteiger partial charge on any atom is -0.497 e. The van der Waals surface area contributed by atoms with E-state index in [1.165, 1.54) is 5.56 Å². The van der Waals surface area contributed by atoms with Crippen LogP contribution in [0.3, 0.4) is 0 Å². The maximum atomic E-state index is 12.3. The lowest BCUT2D eigenvalue weighted by molar-refractivity contribution is -0.121. The summed E-state index contributed by atoms with van der Waals surface area (Å²) in [5.74, 6) is 0.685. The molecule has 1 aromatic heterocycles. The molecule has 6 heteroatoms. The molecule has 0 aliphatic carbocycles. The van der Waals surface area contributed by atoms with Crippen molar-refractivity contribution < 1.29 is 9.53 Å². The number of likely N-dealkylation sites (N-methyl/N-ethyl adjacent to an activating group) is 1. The third-order valence-electron chi connectivity index (χ3n) is 5.20. The van der Waals surface area contributed by atoms with E-state index >= 15 is 0 Å². The lowest BCUT2D eigenvalue weighted by Gasteiger charge is -2.20. The standard InChI is InChI=1S/C24H29N3O3/c1-3-27(17-18-7-5-4-6-8-18)14-13-25-23(28)12-9-19-15-20-16-21(30-2)10-11-22(20)26-24(19)29/h4-8,10-11,15-16H,3,9,12-14,17H2,1-2H3,(H,25,28)(H,26,29). The number of benzene rings is 2. The van der Waals surface area contributed by atoms with Gasteiger partial charge < -0.3 is 15.0 Å². The molecule has 0 saturated heterocycles. The van der Waals surface area contributed by atoms with Crippen LogP contribution in [0.4, 0.5) is 0 Å². The first kappa shape index (κ1) is 21.6. The number of pyridine rings is 1. The van der Waals surface area contributed by atoms with Gasteiger partial charge in [0.2, 0.25) is 5.91 Å². The van der Waals surface area contributed by atoms with Gasteiger partial charge in [-0.15, -0.1) is 0 Å². The second-order valence-electron chi connectivity index (χ2n) is 7.28. The lowest BCUT2D eigenvalue weighted by atomic mass is 10.1. The number of amides is 1. The van der Waals surface area contributed by atoms with Gasteiger partial charge in [-0.05, 0) is 42.8 Å². The quantitative estimate of drug-likeness (QED) is 0.542. The number of aromatic nitrogens is 1. The predicted octanol–water partition coefficient (Wildman–Crippen LogP) is 3.11. The van der Waals surface area contributed by atoms with E-state index in [0.29, 0.717) is 18.5 Å². The molecule has 0 aliphatic rings. The summed E-state index contributed by atoms with van der Waals surface area (Å²) in [5, 5.41) is 3.86. The molecule has 0 spiro atoms. The zero-order valence-corrected chi connectivity index (χ0v) is 17.6. The largest absolute Gasteiger partial charge is 0.497 e. The van der Waals surface area contributed by atoms with E-state index in [1.54, 1.807) is 7.11 Å². The third-order valence-corrected chi connectivity index (χ3v) is 5.20. The Morgan fingerprint density at radius 1 is 1.13 bits per heavy atom. The molecular formula is C24H29N3O3. The molecule has 1 heterocycles. The van der Waals surface area contributed by atoms with Gasteiger partial charge >= 0.3 is 0 Å². The Hall–Kier alpha value is -3.12. The summed E-state index contributed by atoms with van der Waals surface area (Å²) >= 11 is 0. The first-order valence-electron chi connectivity index (χ1n) is 10.3. The lowest BCUT2D eigenvalue weighted by Crippen LogP contribution is -2.34. The Morgan fingerprint density at radius 3 is 2.67 bits per heavy atom. The minimum absolute atomic E-state index is 0.0455. The second-order valence-corrected chi connectivity index (χ2v) is 7.28. The molecule has 2 aromatic carbocycles. The summed E-state index contributed by atoms with van der Waals surface area (Å²) < 4.78 is 5.24. The minimum atomic E-state index is -0.152. The van der Waals surface area contributed by atoms with Crippen molar-refractivity contribution in [2.45, 2.75) is 26.3 Å². The van der Waals surface area contributed by atoms with Crippen molar-refractivity contribution in [3.05, 3.63) is 76.1 Å². The number of hydrogen-bond donors (Lipinski definition) is 2. The number of aromatic amines is 1. The van der Waals surface area contributed by atoms with Crippen LogP contribution in [0.2, 0.25) is 0 Å². The molecule has 6 nitrogen and oxygen atoms in total. The average molecular weight is 408 g/mol. The predicted molar refractivity (Wildman–Crippen MR) is 120 cm³/mol. The topological polar surface area (TPSA) is 74.4 Å². The number of aryl methyl sites for hydroxylation is 1. The van der Waals surface area contributed by atoms with Crippen molar-refractivity contribution in [2.75, 3.05) is 26.7 Å². The zero-order valence-electron chi connectivity index (χ0n) is 17.6. The van der Waals surface area contributed by atoms with E-state index in [1.807, 2.05) is 42.5 Å². The summed E-state index contributed by atoms with van der Waals surface area (Å²) in [7, 11) is 1.61. The molecule has 30 heavy (non-hydrogen) atoms. The number of methoxy groups -OCH3 is 1. The van der Waals surface area contributed by atoms with Gasteiger partial charge in [-0.25, -0.2) is 0 Å². The van der Waals surface area contributed by atoms with Crippen LogP contribution in [0, 0.1) is 0 Å². The maximum Gasteiger partial charge on any atom is 0.251 e. The highest BCUT2D eigenvalue weighted by atomic mass is 16.5. The number of nitrogens with one attached hydrogen (secondary N) is 2. The van der Waals surface area contributed by atoms with Crippen LogP contribution in [0.15, 0.2) is 59.4 Å². The fourth-order valence-corrected chi connectivity index (χ4v) is 3.42. The molecule has 3 aromatic rings. The Bertz CT molecular complexity index is 1030. The first-order valence-corrected chi connectivity index (χ1v) is 10.3. The van der Waals surface area contributed by atoms with E-state index in [0.717, 1.165) is 36.3 Å². The summed E-state index contributed by atoms with van der Waals surface area (Å²) in [6.45, 7) is 5.27. The molecule has 0 radical (unpaired) electrons. The van der Waals surface area contributed by atoms with Crippen LogP contribution in [0.5, 0.6) is 5.75 Å². The molecule has 0 saturated carbocycles. The Morgan fingerprint density at radius 2 is 1.93 bits per heavy atom. The fraction of sp³-hybridized carbons (Fsp3) is 0.333. The Balaban J connectivity index is 1.49. The van der Waals surface area contributed by atoms with Gasteiger partial charge in [0.15, 0.2) is 0 Å². The molecule has 0 aliphatic heterocycles. The number of H-pyrrole nitrogens is 1. The van der Waals surface area contributed by atoms with E-state index < -0.39 is 0 Å². The van der Waals surface area contributed by atoms with Gasteiger partial charge in [0, 0.05) is 42.5 Å². The zero-order chi connectivity index (χ0) is 21.3. The van der Waals surface area contributed by atoms with Crippen molar-refractivity contribution in [3.8, 4) is 5.75 Å². The summed E-state index contributed by atoms with van der Waals surface area (Å²) in [4.78, 5) is 29.7. The Kier molecular flexibility index (Phi) is 7.63. The number of carbonyl (C=O) groups excluding carboxylic acids is 1. The molecule has 0 fully saturated rings. The first-order chi connectivity index (χ1) is 14.6. The average Bonchev–Trinajstić information content (AvgIpc) is 2.77. The van der Waals surface area contributed by atoms with E-state index in [9.17, 15) is 9.59 Å². The highest BCUT2D eigenvalue weighted by Gasteiger charge is 2.09. The van der Waals surface area contributed by atoms with Gasteiger partial charge in [0.1, 0.15) is 5.75 Å². The summed E-state index contributed by atoms with van der Waals surface area (Å²) in [6.07, 6.45) is 0.680. The highest BCUT2D eigenvalue weighted by Crippen LogP contribution is 2.19.